The normalized spacial score (nSPS) is 11.2. The second kappa shape index (κ2) is 7.18. The maximum atomic E-state index is 4.74. The van der Waals surface area contributed by atoms with Crippen LogP contribution in [0.5, 0.6) is 0 Å². The average Bonchev–Trinajstić information content (AvgIpc) is 3.03. The Morgan fingerprint density at radius 3 is 2.70 bits per heavy atom. The number of aryl methyl sites for hydroxylation is 2. The summed E-state index contributed by atoms with van der Waals surface area (Å²) in [5.74, 6) is 0.633. The van der Waals surface area contributed by atoms with Crippen molar-refractivity contribution >= 4 is 27.8 Å². The number of nitrogens with zero attached hydrogens (tertiary/aromatic N) is 2. The first-order valence-corrected chi connectivity index (χ1v) is 9.02. The van der Waals surface area contributed by atoms with Gasteiger partial charge in [0, 0.05) is 11.9 Å². The predicted molar refractivity (Wildman–Crippen MR) is 89.9 cm³/mol. The molecule has 0 bridgehead atoms. The first-order chi connectivity index (χ1) is 9.63. The monoisotopic (exact) mass is 309 g/mol. The van der Waals surface area contributed by atoms with Gasteiger partial charge in [-0.15, -0.1) is 22.7 Å². The highest BCUT2D eigenvalue weighted by Gasteiger charge is 2.14. The zero-order valence-electron chi connectivity index (χ0n) is 12.7. The molecule has 0 radical (unpaired) electrons. The Bertz CT molecular complexity index is 543. The minimum absolute atomic E-state index is 0.633. The molecule has 0 spiro atoms. The quantitative estimate of drug-likeness (QED) is 0.794. The molecular weight excluding hydrogens is 286 g/mol. The molecule has 20 heavy (non-hydrogen) atoms. The Hall–Kier alpha value is -0.940. The SMILES string of the molecule is CCCc1nc(CC)sc1-c1csc(NCC(C)C)n1. The molecule has 0 aliphatic heterocycles. The second-order valence-corrected chi connectivity index (χ2v) is 7.24. The van der Waals surface area contributed by atoms with E-state index in [2.05, 4.69) is 38.4 Å². The molecular formula is C15H23N3S2. The van der Waals surface area contributed by atoms with Crippen LogP contribution in [-0.2, 0) is 12.8 Å². The molecule has 3 nitrogen and oxygen atoms in total. The van der Waals surface area contributed by atoms with Crippen LogP contribution in [0.1, 0.15) is 44.8 Å². The molecule has 2 aromatic rings. The molecule has 0 aliphatic carbocycles. The van der Waals surface area contributed by atoms with Gasteiger partial charge in [-0.05, 0) is 18.8 Å². The molecule has 2 rings (SSSR count). The molecule has 0 aromatic carbocycles. The Balaban J connectivity index is 2.20. The first kappa shape index (κ1) is 15.4. The van der Waals surface area contributed by atoms with Crippen LogP contribution in [0.3, 0.4) is 0 Å². The summed E-state index contributed by atoms with van der Waals surface area (Å²) in [6.45, 7) is 9.74. The van der Waals surface area contributed by atoms with Gasteiger partial charge < -0.3 is 5.32 Å². The molecule has 0 aliphatic rings. The summed E-state index contributed by atoms with van der Waals surface area (Å²) in [6.07, 6.45) is 3.17. The van der Waals surface area contributed by atoms with E-state index in [1.54, 1.807) is 22.7 Å². The summed E-state index contributed by atoms with van der Waals surface area (Å²) in [4.78, 5) is 10.7. The number of anilines is 1. The smallest absolute Gasteiger partial charge is 0.183 e. The molecule has 110 valence electrons. The van der Waals surface area contributed by atoms with E-state index in [4.69, 9.17) is 9.97 Å². The van der Waals surface area contributed by atoms with Crippen LogP contribution in [0.25, 0.3) is 10.6 Å². The van der Waals surface area contributed by atoms with Gasteiger partial charge in [0.05, 0.1) is 21.3 Å². The van der Waals surface area contributed by atoms with Crippen molar-refractivity contribution in [2.24, 2.45) is 5.92 Å². The molecule has 2 heterocycles. The maximum absolute atomic E-state index is 4.74. The van der Waals surface area contributed by atoms with Crippen molar-refractivity contribution in [2.75, 3.05) is 11.9 Å². The molecule has 0 amide bonds. The van der Waals surface area contributed by atoms with Crippen LogP contribution in [0.4, 0.5) is 5.13 Å². The number of aromatic nitrogens is 2. The van der Waals surface area contributed by atoms with Gasteiger partial charge in [0.25, 0.3) is 0 Å². The first-order valence-electron chi connectivity index (χ1n) is 7.32. The van der Waals surface area contributed by atoms with Crippen molar-refractivity contribution < 1.29 is 0 Å². The third-order valence-electron chi connectivity index (χ3n) is 2.93. The lowest BCUT2D eigenvalue weighted by molar-refractivity contribution is 0.688. The number of rotatable bonds is 7. The van der Waals surface area contributed by atoms with E-state index in [0.717, 1.165) is 36.6 Å². The number of hydrogen-bond donors (Lipinski definition) is 1. The van der Waals surface area contributed by atoms with Crippen molar-refractivity contribution in [1.29, 1.82) is 0 Å². The van der Waals surface area contributed by atoms with E-state index in [0.29, 0.717) is 5.92 Å². The zero-order valence-corrected chi connectivity index (χ0v) is 14.3. The van der Waals surface area contributed by atoms with E-state index >= 15 is 0 Å². The fourth-order valence-electron chi connectivity index (χ4n) is 1.91. The van der Waals surface area contributed by atoms with Gasteiger partial charge in [-0.1, -0.05) is 34.1 Å². The van der Waals surface area contributed by atoms with E-state index in [-0.39, 0.29) is 0 Å². The van der Waals surface area contributed by atoms with Gasteiger partial charge in [0.1, 0.15) is 0 Å². The van der Waals surface area contributed by atoms with E-state index in [1.807, 2.05) is 0 Å². The third kappa shape index (κ3) is 3.79. The highest BCUT2D eigenvalue weighted by Crippen LogP contribution is 2.33. The van der Waals surface area contributed by atoms with Gasteiger partial charge in [-0.3, -0.25) is 0 Å². The summed E-state index contributed by atoms with van der Waals surface area (Å²) in [7, 11) is 0. The fourth-order valence-corrected chi connectivity index (χ4v) is 3.71. The minimum atomic E-state index is 0.633. The van der Waals surface area contributed by atoms with Gasteiger partial charge in [0.15, 0.2) is 5.13 Å². The van der Waals surface area contributed by atoms with Crippen LogP contribution in [-0.4, -0.2) is 16.5 Å². The van der Waals surface area contributed by atoms with Crippen molar-refractivity contribution in [1.82, 2.24) is 9.97 Å². The Morgan fingerprint density at radius 2 is 2.05 bits per heavy atom. The zero-order chi connectivity index (χ0) is 14.5. The van der Waals surface area contributed by atoms with Crippen molar-refractivity contribution in [2.45, 2.75) is 47.0 Å². The molecule has 0 saturated heterocycles. The second-order valence-electron chi connectivity index (χ2n) is 5.30. The van der Waals surface area contributed by atoms with Crippen LogP contribution in [0, 0.1) is 5.92 Å². The lowest BCUT2D eigenvalue weighted by Crippen LogP contribution is -2.07. The van der Waals surface area contributed by atoms with Gasteiger partial charge in [-0.25, -0.2) is 9.97 Å². The minimum Gasteiger partial charge on any atom is -0.361 e. The summed E-state index contributed by atoms with van der Waals surface area (Å²) in [5, 5.41) is 7.78. The maximum Gasteiger partial charge on any atom is 0.183 e. The highest BCUT2D eigenvalue weighted by atomic mass is 32.1. The third-order valence-corrected chi connectivity index (χ3v) is 4.99. The molecule has 2 aromatic heterocycles. The summed E-state index contributed by atoms with van der Waals surface area (Å²) in [5.41, 5.74) is 2.30. The Kier molecular flexibility index (Phi) is 5.54. The molecule has 0 saturated carbocycles. The largest absolute Gasteiger partial charge is 0.361 e. The number of thiazole rings is 2. The van der Waals surface area contributed by atoms with Crippen LogP contribution in [0.2, 0.25) is 0 Å². The van der Waals surface area contributed by atoms with Crippen molar-refractivity contribution in [3.63, 3.8) is 0 Å². The van der Waals surface area contributed by atoms with E-state index in [1.165, 1.54) is 15.6 Å². The number of hydrogen-bond acceptors (Lipinski definition) is 5. The lowest BCUT2D eigenvalue weighted by Gasteiger charge is -2.04. The van der Waals surface area contributed by atoms with Crippen molar-refractivity contribution in [3.8, 4) is 10.6 Å². The number of nitrogens with one attached hydrogen (secondary N) is 1. The molecule has 1 N–H and O–H groups in total. The molecule has 0 atom stereocenters. The summed E-state index contributed by atoms with van der Waals surface area (Å²) < 4.78 is 0. The summed E-state index contributed by atoms with van der Waals surface area (Å²) in [6, 6.07) is 0. The highest BCUT2D eigenvalue weighted by molar-refractivity contribution is 7.16. The van der Waals surface area contributed by atoms with Gasteiger partial charge in [0.2, 0.25) is 0 Å². The topological polar surface area (TPSA) is 37.8 Å². The lowest BCUT2D eigenvalue weighted by atomic mass is 10.2. The molecule has 0 unspecified atom stereocenters. The van der Waals surface area contributed by atoms with E-state index in [9.17, 15) is 0 Å². The van der Waals surface area contributed by atoms with Crippen LogP contribution in [0.15, 0.2) is 5.38 Å². The average molecular weight is 310 g/mol. The Labute approximate surface area is 129 Å². The summed E-state index contributed by atoms with van der Waals surface area (Å²) >= 11 is 3.48. The van der Waals surface area contributed by atoms with Crippen LogP contribution < -0.4 is 5.32 Å². The van der Waals surface area contributed by atoms with E-state index < -0.39 is 0 Å². The van der Waals surface area contributed by atoms with Crippen molar-refractivity contribution in [3.05, 3.63) is 16.1 Å². The predicted octanol–water partition coefficient (Wildman–Crippen LogP) is 4.85. The standard InChI is InChI=1S/C15H23N3S2/c1-5-7-11-14(20-13(6-2)17-11)12-9-19-15(18-12)16-8-10(3)4/h9-10H,5-8H2,1-4H3,(H,16,18). The van der Waals surface area contributed by atoms with Gasteiger partial charge in [-0.2, -0.15) is 0 Å². The molecule has 5 heteroatoms. The molecule has 0 fully saturated rings. The Morgan fingerprint density at radius 1 is 1.25 bits per heavy atom. The van der Waals surface area contributed by atoms with Gasteiger partial charge >= 0.3 is 0 Å². The van der Waals surface area contributed by atoms with Crippen LogP contribution >= 0.6 is 22.7 Å². The fraction of sp³-hybridized carbons (Fsp3) is 0.600.